The molecule has 0 aliphatic heterocycles. The van der Waals surface area contributed by atoms with Crippen LogP contribution in [0.15, 0.2) is 16.8 Å². The van der Waals surface area contributed by atoms with Crippen molar-refractivity contribution in [2.75, 3.05) is 6.54 Å². The number of carbonyl (C=O) groups excluding carboxylic acids is 2. The molecule has 0 heterocycles. The van der Waals surface area contributed by atoms with Crippen LogP contribution in [0.25, 0.3) is 10.4 Å². The first-order valence-electron chi connectivity index (χ1n) is 11.7. The maximum Gasteiger partial charge on any atom is 0.302 e. The van der Waals surface area contributed by atoms with Crippen molar-refractivity contribution in [3.63, 3.8) is 0 Å². The zero-order valence-corrected chi connectivity index (χ0v) is 19.2. The van der Waals surface area contributed by atoms with Crippen LogP contribution < -0.4 is 0 Å². The van der Waals surface area contributed by atoms with Crippen LogP contribution in [-0.2, 0) is 19.1 Å². The van der Waals surface area contributed by atoms with Gasteiger partial charge in [0.25, 0.3) is 0 Å². The minimum Gasteiger partial charge on any atom is -0.462 e. The van der Waals surface area contributed by atoms with Gasteiger partial charge in [-0.2, -0.15) is 0 Å². The van der Waals surface area contributed by atoms with Crippen molar-refractivity contribution in [3.05, 3.63) is 22.1 Å². The maximum atomic E-state index is 11.9. The molecule has 4 aliphatic carbocycles. The lowest BCUT2D eigenvalue weighted by Gasteiger charge is -2.57. The van der Waals surface area contributed by atoms with Crippen molar-refractivity contribution < 1.29 is 19.1 Å². The molecule has 31 heavy (non-hydrogen) atoms. The van der Waals surface area contributed by atoms with Gasteiger partial charge in [0.1, 0.15) is 12.2 Å². The van der Waals surface area contributed by atoms with Crippen molar-refractivity contribution in [1.82, 2.24) is 0 Å². The van der Waals surface area contributed by atoms with Crippen LogP contribution in [0.2, 0.25) is 0 Å². The van der Waals surface area contributed by atoms with Crippen LogP contribution in [0.1, 0.15) is 72.6 Å². The number of ether oxygens (including phenoxy) is 2. The Bertz CT molecular complexity index is 835. The van der Waals surface area contributed by atoms with Gasteiger partial charge in [-0.15, -0.1) is 0 Å². The number of hydrogen-bond acceptors (Lipinski definition) is 5. The smallest absolute Gasteiger partial charge is 0.302 e. The average molecular weight is 430 g/mol. The molecular weight excluding hydrogens is 394 g/mol. The van der Waals surface area contributed by atoms with Gasteiger partial charge in [-0.05, 0) is 67.2 Å². The third-order valence-electron chi connectivity index (χ3n) is 9.14. The van der Waals surface area contributed by atoms with Gasteiger partial charge in [0.15, 0.2) is 0 Å². The summed E-state index contributed by atoms with van der Waals surface area (Å²) in [7, 11) is 0. The van der Waals surface area contributed by atoms with Crippen LogP contribution >= 0.6 is 0 Å². The molecule has 0 amide bonds. The Morgan fingerprint density at radius 2 is 1.90 bits per heavy atom. The van der Waals surface area contributed by atoms with E-state index in [9.17, 15) is 9.59 Å². The van der Waals surface area contributed by atoms with Gasteiger partial charge in [-0.25, -0.2) is 0 Å². The molecule has 8 atom stereocenters. The van der Waals surface area contributed by atoms with E-state index >= 15 is 0 Å². The lowest BCUT2D eigenvalue weighted by atomic mass is 9.48. The fourth-order valence-corrected chi connectivity index (χ4v) is 7.82. The van der Waals surface area contributed by atoms with E-state index < -0.39 is 0 Å². The number of azide groups is 1. The monoisotopic (exact) mass is 429 g/mol. The fourth-order valence-electron chi connectivity index (χ4n) is 7.82. The Kier molecular flexibility index (Phi) is 5.84. The van der Waals surface area contributed by atoms with Crippen molar-refractivity contribution in [2.24, 2.45) is 39.6 Å². The molecule has 0 N–H and O–H groups in total. The number of carbonyl (C=O) groups is 2. The van der Waals surface area contributed by atoms with E-state index in [1.165, 1.54) is 19.4 Å². The highest BCUT2D eigenvalue weighted by atomic mass is 16.5. The molecule has 3 fully saturated rings. The molecule has 0 aromatic rings. The molecule has 170 valence electrons. The van der Waals surface area contributed by atoms with Gasteiger partial charge in [-0.1, -0.05) is 30.6 Å². The molecule has 0 bridgehead atoms. The molecule has 0 aromatic heterocycles. The predicted octanol–water partition coefficient (Wildman–Crippen LogP) is 5.35. The molecule has 0 spiro atoms. The number of esters is 2. The average Bonchev–Trinajstić information content (AvgIpc) is 2.97. The van der Waals surface area contributed by atoms with Crippen LogP contribution in [0.4, 0.5) is 0 Å². The molecule has 4 rings (SSSR count). The molecular formula is C24H35N3O4. The van der Waals surface area contributed by atoms with Crippen molar-refractivity contribution in [1.29, 1.82) is 0 Å². The zero-order chi connectivity index (χ0) is 22.4. The lowest BCUT2D eigenvalue weighted by Crippen LogP contribution is -2.52. The molecule has 0 saturated heterocycles. The van der Waals surface area contributed by atoms with Crippen molar-refractivity contribution >= 4 is 11.9 Å². The number of allylic oxidation sites excluding steroid dienone is 1. The molecule has 3 saturated carbocycles. The normalized spacial score (nSPS) is 43.4. The Labute approximate surface area is 184 Å². The third-order valence-corrected chi connectivity index (χ3v) is 9.14. The predicted molar refractivity (Wildman–Crippen MR) is 116 cm³/mol. The molecule has 7 heteroatoms. The van der Waals surface area contributed by atoms with Crippen LogP contribution in [0.3, 0.4) is 0 Å². The minimum absolute atomic E-state index is 0.00952. The van der Waals surface area contributed by atoms with E-state index in [0.29, 0.717) is 24.3 Å². The van der Waals surface area contributed by atoms with Crippen LogP contribution in [0, 0.1) is 34.5 Å². The maximum absolute atomic E-state index is 11.9. The van der Waals surface area contributed by atoms with E-state index in [0.717, 1.165) is 44.9 Å². The van der Waals surface area contributed by atoms with Gasteiger partial charge in [-0.3, -0.25) is 9.59 Å². The Morgan fingerprint density at radius 1 is 1.16 bits per heavy atom. The van der Waals surface area contributed by atoms with Crippen molar-refractivity contribution in [2.45, 2.75) is 84.8 Å². The first-order valence-corrected chi connectivity index (χ1v) is 11.7. The van der Waals surface area contributed by atoms with E-state index in [2.05, 4.69) is 29.9 Å². The summed E-state index contributed by atoms with van der Waals surface area (Å²) in [6.07, 6.45) is 9.21. The number of rotatable bonds is 4. The van der Waals surface area contributed by atoms with Gasteiger partial charge < -0.3 is 9.47 Å². The summed E-state index contributed by atoms with van der Waals surface area (Å²) in [6.45, 7) is 8.06. The summed E-state index contributed by atoms with van der Waals surface area (Å²) in [6, 6.07) is 0. The first-order chi connectivity index (χ1) is 14.7. The highest BCUT2D eigenvalue weighted by Gasteiger charge is 2.62. The van der Waals surface area contributed by atoms with Crippen LogP contribution in [-0.4, -0.2) is 30.7 Å². The van der Waals surface area contributed by atoms with E-state index in [4.69, 9.17) is 15.0 Å². The second kappa shape index (κ2) is 8.16. The SMILES string of the molecule is CC(=O)O[C@H]1CC[C@@]2(C)C(=CC[C@H]3[C@@H]4C[C@H](CN=[N+]=[N-])[C@H](OC(C)=O)[C@@]4(C)CC[C@@H]32)C1. The number of nitrogens with zero attached hydrogens (tertiary/aromatic N) is 3. The topological polar surface area (TPSA) is 101 Å². The summed E-state index contributed by atoms with van der Waals surface area (Å²) in [5.41, 5.74) is 10.4. The highest BCUT2D eigenvalue weighted by molar-refractivity contribution is 5.66. The number of fused-ring (bicyclic) bond motifs is 5. The summed E-state index contributed by atoms with van der Waals surface area (Å²) >= 11 is 0. The first kappa shape index (κ1) is 22.2. The van der Waals surface area contributed by atoms with Crippen molar-refractivity contribution in [3.8, 4) is 0 Å². The molecule has 7 nitrogen and oxygen atoms in total. The summed E-state index contributed by atoms with van der Waals surface area (Å²) in [5, 5.41) is 3.85. The lowest BCUT2D eigenvalue weighted by molar-refractivity contribution is -0.159. The zero-order valence-electron chi connectivity index (χ0n) is 19.2. The summed E-state index contributed by atoms with van der Waals surface area (Å²) in [5.74, 6) is 1.25. The van der Waals surface area contributed by atoms with E-state index in [1.54, 1.807) is 0 Å². The fraction of sp³-hybridized carbons (Fsp3) is 0.833. The quantitative estimate of drug-likeness (QED) is 0.198. The number of hydrogen-bond donors (Lipinski definition) is 0. The van der Waals surface area contributed by atoms with E-state index in [1.807, 2.05) is 0 Å². The molecule has 0 radical (unpaired) electrons. The summed E-state index contributed by atoms with van der Waals surface area (Å²) < 4.78 is 11.4. The Morgan fingerprint density at radius 3 is 2.58 bits per heavy atom. The minimum atomic E-state index is -0.249. The standard InChI is InChI=1S/C24H35N3O4/c1-14(28)30-18-7-9-23(3)17(12-18)5-6-19-20(23)8-10-24(4)21(19)11-16(13-26-27-25)22(24)31-15(2)29/h5,16,18-22H,6-13H2,1-4H3/t16-,18+,19-,20+,21+,22+,23+,24+/m1/s1. The highest BCUT2D eigenvalue weighted by Crippen LogP contribution is 2.66. The van der Waals surface area contributed by atoms with Crippen LogP contribution in [0.5, 0.6) is 0 Å². The second-order valence-corrected chi connectivity index (χ2v) is 10.7. The molecule has 0 aromatic carbocycles. The second-order valence-electron chi connectivity index (χ2n) is 10.7. The van der Waals surface area contributed by atoms with Gasteiger partial charge in [0.2, 0.25) is 0 Å². The van der Waals surface area contributed by atoms with Gasteiger partial charge >= 0.3 is 11.9 Å². The Hall–Kier alpha value is -2.01. The molecule has 0 unspecified atom stereocenters. The largest absolute Gasteiger partial charge is 0.462 e. The summed E-state index contributed by atoms with van der Waals surface area (Å²) in [4.78, 5) is 26.3. The third kappa shape index (κ3) is 3.75. The Balaban J connectivity index is 1.60. The molecule has 4 aliphatic rings. The van der Waals surface area contributed by atoms with Gasteiger partial charge in [0.05, 0.1) is 0 Å². The van der Waals surface area contributed by atoms with Gasteiger partial charge in [0, 0.05) is 43.1 Å². The van der Waals surface area contributed by atoms with E-state index in [-0.39, 0.29) is 40.9 Å².